The summed E-state index contributed by atoms with van der Waals surface area (Å²) < 4.78 is 0. The van der Waals surface area contributed by atoms with Crippen LogP contribution in [-0.4, -0.2) is 49.7 Å². The van der Waals surface area contributed by atoms with Crippen molar-refractivity contribution < 1.29 is 14.7 Å². The quantitative estimate of drug-likeness (QED) is 0.673. The van der Waals surface area contributed by atoms with Crippen LogP contribution >= 0.6 is 0 Å². The first kappa shape index (κ1) is 12.3. The predicted molar refractivity (Wildman–Crippen MR) is 61.7 cm³/mol. The molecule has 1 aliphatic rings. The van der Waals surface area contributed by atoms with Gasteiger partial charge in [-0.05, 0) is 12.8 Å². The largest absolute Gasteiger partial charge is 0.480 e. The Morgan fingerprint density at radius 2 is 2.17 bits per heavy atom. The molecule has 4 N–H and O–H groups in total. The second-order valence-electron chi connectivity index (χ2n) is 4.24. The zero-order valence-electron chi connectivity index (χ0n) is 9.80. The number of hydrogen-bond acceptors (Lipinski definition) is 5. The Morgan fingerprint density at radius 3 is 2.78 bits per heavy atom. The number of H-pyrrole nitrogens is 1. The molecule has 1 aromatic rings. The van der Waals surface area contributed by atoms with Crippen LogP contribution in [0.5, 0.6) is 0 Å². The minimum Gasteiger partial charge on any atom is -0.480 e. The lowest BCUT2D eigenvalue weighted by atomic mass is 10.1. The topological polar surface area (TPSA) is 125 Å². The normalized spacial score (nSPS) is 20.4. The first-order valence-corrected chi connectivity index (χ1v) is 5.81. The fraction of sp³-hybridized carbons (Fsp3) is 0.600. The second-order valence-corrected chi connectivity index (χ2v) is 4.24. The third-order valence-electron chi connectivity index (χ3n) is 3.00. The molecular formula is C10H15N5O3. The van der Waals surface area contributed by atoms with E-state index in [0.717, 1.165) is 19.3 Å². The maximum absolute atomic E-state index is 12.2. The minimum absolute atomic E-state index is 0.0133. The van der Waals surface area contributed by atoms with Crippen LogP contribution in [-0.2, 0) is 4.79 Å². The number of rotatable bonds is 2. The van der Waals surface area contributed by atoms with E-state index in [0.29, 0.717) is 13.0 Å². The van der Waals surface area contributed by atoms with E-state index in [-0.39, 0.29) is 11.8 Å². The van der Waals surface area contributed by atoms with Gasteiger partial charge >= 0.3 is 5.97 Å². The number of carboxylic acids is 1. The van der Waals surface area contributed by atoms with Crippen molar-refractivity contribution in [3.05, 3.63) is 5.82 Å². The summed E-state index contributed by atoms with van der Waals surface area (Å²) >= 11 is 0. The van der Waals surface area contributed by atoms with Gasteiger partial charge in [0, 0.05) is 6.54 Å². The van der Waals surface area contributed by atoms with Crippen molar-refractivity contribution in [2.24, 2.45) is 0 Å². The van der Waals surface area contributed by atoms with Crippen LogP contribution in [0.15, 0.2) is 0 Å². The summed E-state index contributed by atoms with van der Waals surface area (Å²) in [6.07, 6.45) is 2.98. The second kappa shape index (κ2) is 5.03. The lowest BCUT2D eigenvalue weighted by Gasteiger charge is -2.25. The smallest absolute Gasteiger partial charge is 0.326 e. The highest BCUT2D eigenvalue weighted by Crippen LogP contribution is 2.18. The molecule has 1 aliphatic heterocycles. The van der Waals surface area contributed by atoms with Gasteiger partial charge in [0.2, 0.25) is 11.8 Å². The highest BCUT2D eigenvalue weighted by Gasteiger charge is 2.32. The Labute approximate surface area is 103 Å². The summed E-state index contributed by atoms with van der Waals surface area (Å²) in [5, 5.41) is 15.2. The van der Waals surface area contributed by atoms with Gasteiger partial charge in [-0.2, -0.15) is 4.98 Å². The van der Waals surface area contributed by atoms with E-state index >= 15 is 0 Å². The maximum atomic E-state index is 12.2. The summed E-state index contributed by atoms with van der Waals surface area (Å²) in [4.78, 5) is 28.4. The maximum Gasteiger partial charge on any atom is 0.326 e. The highest BCUT2D eigenvalue weighted by atomic mass is 16.4. The van der Waals surface area contributed by atoms with E-state index in [1.807, 2.05) is 0 Å². The molecule has 0 radical (unpaired) electrons. The summed E-state index contributed by atoms with van der Waals surface area (Å²) in [6.45, 7) is 0.413. The summed E-state index contributed by atoms with van der Waals surface area (Å²) in [5.74, 6) is -1.49. The first-order chi connectivity index (χ1) is 8.59. The van der Waals surface area contributed by atoms with Crippen molar-refractivity contribution in [2.45, 2.75) is 31.7 Å². The molecule has 1 fully saturated rings. The lowest BCUT2D eigenvalue weighted by molar-refractivity contribution is -0.142. The molecule has 1 amide bonds. The standard InChI is InChI=1S/C10H15N5O3/c11-10-12-7(13-14-10)8(16)15-5-3-1-2-4-6(15)9(17)18/h6H,1-5H2,(H,17,18)(H3,11,12,13,14). The number of carbonyl (C=O) groups is 2. The minimum atomic E-state index is -0.988. The molecule has 0 aliphatic carbocycles. The number of nitrogens with one attached hydrogen (secondary N) is 1. The Morgan fingerprint density at radius 1 is 1.39 bits per heavy atom. The van der Waals surface area contributed by atoms with Crippen LogP contribution in [0.25, 0.3) is 0 Å². The molecule has 2 heterocycles. The molecule has 0 saturated carbocycles. The summed E-state index contributed by atoms with van der Waals surface area (Å²) in [5.41, 5.74) is 5.33. The number of carboxylic acid groups (broad SMARTS) is 1. The highest BCUT2D eigenvalue weighted by molar-refractivity contribution is 5.93. The molecule has 0 bridgehead atoms. The zero-order valence-corrected chi connectivity index (χ0v) is 9.80. The molecule has 8 heteroatoms. The number of hydrogen-bond donors (Lipinski definition) is 3. The van der Waals surface area contributed by atoms with E-state index < -0.39 is 17.9 Å². The molecule has 8 nitrogen and oxygen atoms in total. The van der Waals surface area contributed by atoms with Gasteiger partial charge in [-0.15, -0.1) is 5.10 Å². The fourth-order valence-electron chi connectivity index (χ4n) is 2.11. The van der Waals surface area contributed by atoms with E-state index in [2.05, 4.69) is 15.2 Å². The lowest BCUT2D eigenvalue weighted by Crippen LogP contribution is -2.45. The number of nitrogens with zero attached hydrogens (tertiary/aromatic N) is 3. The Bertz CT molecular complexity index is 458. The summed E-state index contributed by atoms with van der Waals surface area (Å²) in [7, 11) is 0. The predicted octanol–water partition coefficient (Wildman–Crippen LogP) is -0.144. The third-order valence-corrected chi connectivity index (χ3v) is 3.00. The number of aromatic nitrogens is 3. The molecular weight excluding hydrogens is 238 g/mol. The van der Waals surface area contributed by atoms with Crippen LogP contribution in [0.4, 0.5) is 5.95 Å². The Kier molecular flexibility index (Phi) is 3.45. The molecule has 1 saturated heterocycles. The molecule has 98 valence electrons. The van der Waals surface area contributed by atoms with Gasteiger partial charge in [0.25, 0.3) is 5.91 Å². The van der Waals surface area contributed by atoms with Crippen molar-refractivity contribution in [3.63, 3.8) is 0 Å². The molecule has 1 unspecified atom stereocenters. The molecule has 1 aromatic heterocycles. The monoisotopic (exact) mass is 253 g/mol. The van der Waals surface area contributed by atoms with Gasteiger partial charge in [-0.3, -0.25) is 9.89 Å². The fourth-order valence-corrected chi connectivity index (χ4v) is 2.11. The number of nitrogen functional groups attached to an aromatic ring is 1. The van der Waals surface area contributed by atoms with Crippen LogP contribution < -0.4 is 5.73 Å². The average Bonchev–Trinajstić information content (AvgIpc) is 2.63. The Hall–Kier alpha value is -2.12. The van der Waals surface area contributed by atoms with Gasteiger partial charge in [0.15, 0.2) is 0 Å². The van der Waals surface area contributed by atoms with E-state index in [4.69, 9.17) is 10.8 Å². The van der Waals surface area contributed by atoms with Gasteiger partial charge < -0.3 is 15.7 Å². The van der Waals surface area contributed by atoms with Crippen molar-refractivity contribution in [1.29, 1.82) is 0 Å². The van der Waals surface area contributed by atoms with Crippen LogP contribution in [0.3, 0.4) is 0 Å². The van der Waals surface area contributed by atoms with Crippen LogP contribution in [0.2, 0.25) is 0 Å². The van der Waals surface area contributed by atoms with Crippen LogP contribution in [0, 0.1) is 0 Å². The number of anilines is 1. The SMILES string of the molecule is Nc1n[nH]c(C(=O)N2CCCCCC2C(=O)O)n1. The number of carbonyl (C=O) groups excluding carboxylic acids is 1. The van der Waals surface area contributed by atoms with E-state index in [9.17, 15) is 9.59 Å². The van der Waals surface area contributed by atoms with Crippen molar-refractivity contribution in [1.82, 2.24) is 20.1 Å². The van der Waals surface area contributed by atoms with Crippen molar-refractivity contribution >= 4 is 17.8 Å². The number of likely N-dealkylation sites (tertiary alicyclic amines) is 1. The summed E-state index contributed by atoms with van der Waals surface area (Å²) in [6, 6.07) is -0.800. The number of aromatic amines is 1. The van der Waals surface area contributed by atoms with Gasteiger partial charge in [0.05, 0.1) is 0 Å². The van der Waals surface area contributed by atoms with E-state index in [1.54, 1.807) is 0 Å². The zero-order chi connectivity index (χ0) is 13.1. The number of aliphatic carboxylic acids is 1. The number of amides is 1. The van der Waals surface area contributed by atoms with Gasteiger partial charge in [-0.1, -0.05) is 12.8 Å². The number of nitrogens with two attached hydrogens (primary N) is 1. The van der Waals surface area contributed by atoms with Gasteiger partial charge in [-0.25, -0.2) is 4.79 Å². The molecule has 0 aromatic carbocycles. The third kappa shape index (κ3) is 2.41. The van der Waals surface area contributed by atoms with E-state index in [1.165, 1.54) is 4.90 Å². The Balaban J connectivity index is 2.22. The first-order valence-electron chi connectivity index (χ1n) is 5.81. The van der Waals surface area contributed by atoms with Crippen molar-refractivity contribution in [3.8, 4) is 0 Å². The molecule has 0 spiro atoms. The van der Waals surface area contributed by atoms with Crippen LogP contribution in [0.1, 0.15) is 36.3 Å². The van der Waals surface area contributed by atoms with Crippen molar-refractivity contribution in [2.75, 3.05) is 12.3 Å². The molecule has 2 rings (SSSR count). The van der Waals surface area contributed by atoms with Gasteiger partial charge in [0.1, 0.15) is 6.04 Å². The molecule has 18 heavy (non-hydrogen) atoms. The average molecular weight is 253 g/mol. The molecule has 1 atom stereocenters.